The number of pyridine rings is 2. The maximum atomic E-state index is 12.2. The van der Waals surface area contributed by atoms with E-state index in [-0.39, 0.29) is 11.9 Å². The van der Waals surface area contributed by atoms with E-state index in [4.69, 9.17) is 4.74 Å². The minimum Gasteiger partial charge on any atom is -0.469 e. The van der Waals surface area contributed by atoms with Crippen LogP contribution in [0.3, 0.4) is 0 Å². The topological polar surface area (TPSA) is 34.1 Å². The number of esters is 1. The molecule has 0 saturated carbocycles. The SMILES string of the molecule is CCC[n+]1ccc(-c2cc[n+](Cc3ccc(C(C)CC(C)(CC)C(=O)OC)cc3)cc2)cc1. The van der Waals surface area contributed by atoms with Crippen LogP contribution in [0.2, 0.25) is 0 Å². The molecule has 0 aliphatic carbocycles. The summed E-state index contributed by atoms with van der Waals surface area (Å²) in [4.78, 5) is 12.2. The van der Waals surface area contributed by atoms with Crippen molar-refractivity contribution in [2.45, 2.75) is 66.0 Å². The molecular weight excluding hydrogens is 408 g/mol. The van der Waals surface area contributed by atoms with Gasteiger partial charge >= 0.3 is 5.97 Å². The smallest absolute Gasteiger partial charge is 0.311 e. The minimum atomic E-state index is -0.445. The first-order chi connectivity index (χ1) is 15.9. The number of carbonyl (C=O) groups excluding carboxylic acids is 1. The van der Waals surface area contributed by atoms with E-state index in [9.17, 15) is 4.79 Å². The molecule has 3 rings (SSSR count). The maximum Gasteiger partial charge on any atom is 0.311 e. The number of hydrogen-bond acceptors (Lipinski definition) is 2. The van der Waals surface area contributed by atoms with Crippen LogP contribution in [0.1, 0.15) is 64.0 Å². The van der Waals surface area contributed by atoms with Crippen molar-refractivity contribution in [3.63, 3.8) is 0 Å². The largest absolute Gasteiger partial charge is 0.469 e. The Bertz CT molecular complexity index is 1030. The van der Waals surface area contributed by atoms with E-state index in [0.29, 0.717) is 0 Å². The number of aromatic nitrogens is 2. The summed E-state index contributed by atoms with van der Waals surface area (Å²) in [6.45, 7) is 10.3. The second-order valence-corrected chi connectivity index (χ2v) is 9.34. The number of carbonyl (C=O) groups is 1. The molecular formula is C29H38N2O2+2. The third-order valence-electron chi connectivity index (χ3n) is 6.73. The normalized spacial score (nSPS) is 13.8. The highest BCUT2D eigenvalue weighted by molar-refractivity contribution is 5.76. The van der Waals surface area contributed by atoms with E-state index < -0.39 is 5.41 Å². The van der Waals surface area contributed by atoms with Crippen LogP contribution in [0.5, 0.6) is 0 Å². The average molecular weight is 447 g/mol. The second-order valence-electron chi connectivity index (χ2n) is 9.34. The van der Waals surface area contributed by atoms with Gasteiger partial charge in [0.25, 0.3) is 0 Å². The molecule has 4 nitrogen and oxygen atoms in total. The lowest BCUT2D eigenvalue weighted by molar-refractivity contribution is -0.696. The van der Waals surface area contributed by atoms with Gasteiger partial charge in [-0.1, -0.05) is 45.0 Å². The first-order valence-corrected chi connectivity index (χ1v) is 12.0. The minimum absolute atomic E-state index is 0.121. The van der Waals surface area contributed by atoms with Crippen molar-refractivity contribution in [2.75, 3.05) is 7.11 Å². The fourth-order valence-electron chi connectivity index (χ4n) is 4.39. The van der Waals surface area contributed by atoms with Crippen LogP contribution in [0.15, 0.2) is 73.3 Å². The van der Waals surface area contributed by atoms with Crippen molar-refractivity contribution in [3.8, 4) is 11.1 Å². The number of ether oxygens (including phenoxy) is 1. The van der Waals surface area contributed by atoms with E-state index in [2.05, 4.69) is 103 Å². The summed E-state index contributed by atoms with van der Waals surface area (Å²) in [6.07, 6.45) is 11.3. The van der Waals surface area contributed by atoms with Gasteiger partial charge in [0.15, 0.2) is 31.3 Å². The lowest BCUT2D eigenvalue weighted by Crippen LogP contribution is -2.33. The van der Waals surface area contributed by atoms with Crippen molar-refractivity contribution >= 4 is 5.97 Å². The summed E-state index contributed by atoms with van der Waals surface area (Å²) in [7, 11) is 1.47. The number of methoxy groups -OCH3 is 1. The lowest BCUT2D eigenvalue weighted by Gasteiger charge is -2.28. The van der Waals surface area contributed by atoms with Gasteiger partial charge < -0.3 is 4.74 Å². The Morgan fingerprint density at radius 3 is 1.94 bits per heavy atom. The van der Waals surface area contributed by atoms with Crippen LogP contribution < -0.4 is 9.13 Å². The molecule has 3 aromatic rings. The Morgan fingerprint density at radius 1 is 0.909 bits per heavy atom. The summed E-state index contributed by atoms with van der Waals surface area (Å²) in [5.74, 6) is 0.167. The van der Waals surface area contributed by atoms with Gasteiger partial charge in [0.05, 0.1) is 12.5 Å². The van der Waals surface area contributed by atoms with Crippen molar-refractivity contribution in [3.05, 3.63) is 84.4 Å². The molecule has 2 atom stereocenters. The highest BCUT2D eigenvalue weighted by Gasteiger charge is 2.34. The fraction of sp³-hybridized carbons (Fsp3) is 0.414. The number of rotatable bonds is 10. The van der Waals surface area contributed by atoms with Crippen LogP contribution in [0.25, 0.3) is 11.1 Å². The van der Waals surface area contributed by atoms with Gasteiger partial charge in [-0.3, -0.25) is 4.79 Å². The molecule has 0 radical (unpaired) electrons. The van der Waals surface area contributed by atoms with Gasteiger partial charge in [0.2, 0.25) is 0 Å². The van der Waals surface area contributed by atoms with Crippen LogP contribution in [-0.4, -0.2) is 13.1 Å². The van der Waals surface area contributed by atoms with E-state index in [1.54, 1.807) is 0 Å². The molecule has 174 valence electrons. The number of benzene rings is 1. The third kappa shape index (κ3) is 6.28. The Labute approximate surface area is 198 Å². The molecule has 0 N–H and O–H groups in total. The van der Waals surface area contributed by atoms with Gasteiger partial charge in [-0.25, -0.2) is 9.13 Å². The summed E-state index contributed by atoms with van der Waals surface area (Å²) >= 11 is 0. The molecule has 0 bridgehead atoms. The first kappa shape index (κ1) is 24.6. The zero-order valence-electron chi connectivity index (χ0n) is 20.8. The standard InChI is InChI=1S/C29H38N2O2/c1-6-16-30-17-12-26(13-18-30)27-14-19-31(20-15-27)22-24-8-10-25(11-9-24)23(3)21-29(4,7-2)28(32)33-5/h8-15,17-20,23H,6-7,16,21-22H2,1-5H3/q+2. The number of aryl methyl sites for hydroxylation is 1. The Hall–Kier alpha value is -3.01. The van der Waals surface area contributed by atoms with Crippen LogP contribution in [0.4, 0.5) is 0 Å². The van der Waals surface area contributed by atoms with Gasteiger partial charge in [0.1, 0.15) is 6.54 Å². The van der Waals surface area contributed by atoms with Crippen LogP contribution in [0, 0.1) is 5.41 Å². The highest BCUT2D eigenvalue weighted by Crippen LogP contribution is 2.35. The van der Waals surface area contributed by atoms with Crippen molar-refractivity contribution in [1.82, 2.24) is 0 Å². The van der Waals surface area contributed by atoms with Crippen LogP contribution >= 0.6 is 0 Å². The molecule has 0 saturated heterocycles. The molecule has 2 unspecified atom stereocenters. The molecule has 0 fully saturated rings. The molecule has 0 aliphatic rings. The molecule has 0 spiro atoms. The summed E-state index contributed by atoms with van der Waals surface area (Å²) in [6, 6.07) is 17.5. The Morgan fingerprint density at radius 2 is 1.45 bits per heavy atom. The quantitative estimate of drug-likeness (QED) is 0.306. The van der Waals surface area contributed by atoms with Crippen molar-refractivity contribution in [1.29, 1.82) is 0 Å². The van der Waals surface area contributed by atoms with Gasteiger partial charge in [-0.05, 0) is 42.4 Å². The zero-order valence-corrected chi connectivity index (χ0v) is 20.8. The zero-order chi connectivity index (χ0) is 23.8. The second kappa shape index (κ2) is 11.2. The lowest BCUT2D eigenvalue weighted by atomic mass is 9.77. The molecule has 1 aromatic carbocycles. The molecule has 2 heterocycles. The van der Waals surface area contributed by atoms with Crippen molar-refractivity contribution < 1.29 is 18.7 Å². The molecule has 33 heavy (non-hydrogen) atoms. The molecule has 4 heteroatoms. The van der Waals surface area contributed by atoms with Gasteiger partial charge in [0, 0.05) is 36.2 Å². The molecule has 2 aromatic heterocycles. The first-order valence-electron chi connectivity index (χ1n) is 12.0. The van der Waals surface area contributed by atoms with Crippen LogP contribution in [-0.2, 0) is 22.6 Å². The monoisotopic (exact) mass is 446 g/mol. The Balaban J connectivity index is 1.63. The summed E-state index contributed by atoms with van der Waals surface area (Å²) < 4.78 is 9.46. The van der Waals surface area contributed by atoms with E-state index in [0.717, 1.165) is 32.4 Å². The molecule has 0 amide bonds. The van der Waals surface area contributed by atoms with E-state index in [1.807, 2.05) is 6.92 Å². The van der Waals surface area contributed by atoms with E-state index in [1.165, 1.54) is 29.4 Å². The average Bonchev–Trinajstić information content (AvgIpc) is 2.85. The fourth-order valence-corrected chi connectivity index (χ4v) is 4.39. The van der Waals surface area contributed by atoms with Crippen molar-refractivity contribution in [2.24, 2.45) is 5.41 Å². The van der Waals surface area contributed by atoms with Gasteiger partial charge in [-0.2, -0.15) is 0 Å². The van der Waals surface area contributed by atoms with E-state index >= 15 is 0 Å². The third-order valence-corrected chi connectivity index (χ3v) is 6.73. The highest BCUT2D eigenvalue weighted by atomic mass is 16.5. The molecule has 0 aliphatic heterocycles. The summed E-state index contributed by atoms with van der Waals surface area (Å²) in [5.41, 5.74) is 4.53. The number of hydrogen-bond donors (Lipinski definition) is 0. The predicted molar refractivity (Wildman–Crippen MR) is 132 cm³/mol. The Kier molecular flexibility index (Phi) is 8.37. The predicted octanol–water partition coefficient (Wildman–Crippen LogP) is 5.47. The maximum absolute atomic E-state index is 12.2. The number of nitrogens with zero attached hydrogens (tertiary/aromatic N) is 2. The van der Waals surface area contributed by atoms with Gasteiger partial charge in [-0.15, -0.1) is 0 Å². The summed E-state index contributed by atoms with van der Waals surface area (Å²) in [5, 5.41) is 0.